The number of aliphatic hydroxyl groups excluding tert-OH is 1. The number of nitrogen functional groups attached to an aromatic ring is 1. The summed E-state index contributed by atoms with van der Waals surface area (Å²) in [5.41, 5.74) is 7.46. The monoisotopic (exact) mass is 268 g/mol. The maximum atomic E-state index is 12.2. The Hall–Kier alpha value is -1.60. The minimum atomic E-state index is -0.720. The van der Waals surface area contributed by atoms with Crippen LogP contribution in [0.3, 0.4) is 0 Å². The van der Waals surface area contributed by atoms with Crippen LogP contribution in [0.15, 0.2) is 0 Å². The van der Waals surface area contributed by atoms with Gasteiger partial charge in [-0.3, -0.25) is 9.89 Å². The first kappa shape index (κ1) is 13.8. The van der Waals surface area contributed by atoms with E-state index in [1.807, 2.05) is 0 Å². The Balaban J connectivity index is 2.02. The highest BCUT2D eigenvalue weighted by Gasteiger charge is 2.31. The van der Waals surface area contributed by atoms with Gasteiger partial charge in [0.1, 0.15) is 0 Å². The molecule has 1 saturated carbocycles. The van der Waals surface area contributed by atoms with Gasteiger partial charge in [0.25, 0.3) is 5.91 Å². The number of amides is 1. The zero-order chi connectivity index (χ0) is 14.0. The number of hydrogen-bond donors (Lipinski definition) is 3. The molecule has 1 amide bonds. The number of hydrogen-bond acceptors (Lipinski definition) is 5. The first-order valence-corrected chi connectivity index (χ1v) is 6.30. The number of aromatic nitrogens is 2. The Kier molecular flexibility index (Phi) is 4.06. The van der Waals surface area contributed by atoms with Crippen molar-refractivity contribution >= 4 is 11.6 Å². The van der Waals surface area contributed by atoms with E-state index in [-0.39, 0.29) is 24.8 Å². The highest BCUT2D eigenvalue weighted by atomic mass is 16.5. The molecule has 4 N–H and O–H groups in total. The summed E-state index contributed by atoms with van der Waals surface area (Å²) >= 11 is 0. The molecule has 7 nitrogen and oxygen atoms in total. The van der Waals surface area contributed by atoms with E-state index in [1.54, 1.807) is 7.05 Å². The second-order valence-electron chi connectivity index (χ2n) is 4.97. The first-order chi connectivity index (χ1) is 9.04. The molecule has 0 saturated heterocycles. The second-order valence-corrected chi connectivity index (χ2v) is 4.97. The molecule has 1 aromatic heterocycles. The molecule has 2 rings (SSSR count). The third kappa shape index (κ3) is 3.05. The molecule has 0 bridgehead atoms. The number of rotatable bonds is 6. The predicted molar refractivity (Wildman–Crippen MR) is 69.8 cm³/mol. The highest BCUT2D eigenvalue weighted by Crippen LogP contribution is 2.42. The van der Waals surface area contributed by atoms with Crippen molar-refractivity contribution < 1.29 is 14.6 Å². The fourth-order valence-corrected chi connectivity index (χ4v) is 2.04. The summed E-state index contributed by atoms with van der Waals surface area (Å²) in [7, 11) is 3.10. The van der Waals surface area contributed by atoms with Gasteiger partial charge in [0.15, 0.2) is 5.69 Å². The van der Waals surface area contributed by atoms with Gasteiger partial charge in [-0.1, -0.05) is 0 Å². The fourth-order valence-electron chi connectivity index (χ4n) is 2.04. The largest absolute Gasteiger partial charge is 0.395 e. The summed E-state index contributed by atoms with van der Waals surface area (Å²) in [6.45, 7) is 0.360. The van der Waals surface area contributed by atoms with E-state index >= 15 is 0 Å². The molecule has 1 aromatic rings. The number of ether oxygens (including phenoxy) is 1. The molecule has 0 radical (unpaired) electrons. The number of nitrogens with one attached hydrogen (secondary N) is 1. The van der Waals surface area contributed by atoms with E-state index < -0.39 is 6.10 Å². The lowest BCUT2D eigenvalue weighted by Crippen LogP contribution is -2.36. The Morgan fingerprint density at radius 2 is 2.37 bits per heavy atom. The van der Waals surface area contributed by atoms with Gasteiger partial charge in [-0.25, -0.2) is 0 Å². The molecular weight excluding hydrogens is 248 g/mol. The van der Waals surface area contributed by atoms with Gasteiger partial charge in [-0.2, -0.15) is 5.10 Å². The molecule has 0 aliphatic heterocycles. The van der Waals surface area contributed by atoms with Gasteiger partial charge >= 0.3 is 0 Å². The van der Waals surface area contributed by atoms with Gasteiger partial charge in [-0.05, 0) is 12.8 Å². The SMILES string of the molecule is COCC(O)CN(C)C(=O)c1n[nH]c(C2CC2)c1N. The molecule has 7 heteroatoms. The zero-order valence-corrected chi connectivity index (χ0v) is 11.2. The highest BCUT2D eigenvalue weighted by molar-refractivity contribution is 5.97. The Morgan fingerprint density at radius 1 is 1.68 bits per heavy atom. The average Bonchev–Trinajstić information content (AvgIpc) is 3.12. The molecular formula is C12H20N4O3. The molecule has 1 atom stereocenters. The third-order valence-electron chi connectivity index (χ3n) is 3.21. The van der Waals surface area contributed by atoms with Crippen LogP contribution in [-0.4, -0.2) is 59.5 Å². The van der Waals surface area contributed by atoms with Crippen molar-refractivity contribution in [3.63, 3.8) is 0 Å². The lowest BCUT2D eigenvalue weighted by molar-refractivity contribution is 0.0378. The van der Waals surface area contributed by atoms with Crippen molar-refractivity contribution in [1.29, 1.82) is 0 Å². The number of nitrogens with two attached hydrogens (primary N) is 1. The molecule has 0 spiro atoms. The summed E-state index contributed by atoms with van der Waals surface area (Å²) in [4.78, 5) is 13.6. The van der Waals surface area contributed by atoms with Crippen molar-refractivity contribution in [1.82, 2.24) is 15.1 Å². The van der Waals surface area contributed by atoms with Crippen molar-refractivity contribution in [2.45, 2.75) is 24.9 Å². The molecule has 1 heterocycles. The number of aromatic amines is 1. The number of carbonyl (C=O) groups excluding carboxylic acids is 1. The number of aliphatic hydroxyl groups is 1. The summed E-state index contributed by atoms with van der Waals surface area (Å²) in [5.74, 6) is 0.120. The van der Waals surface area contributed by atoms with Crippen LogP contribution in [0.4, 0.5) is 5.69 Å². The van der Waals surface area contributed by atoms with Crippen LogP contribution >= 0.6 is 0 Å². The number of H-pyrrole nitrogens is 1. The molecule has 19 heavy (non-hydrogen) atoms. The number of carbonyl (C=O) groups is 1. The molecule has 1 aliphatic rings. The smallest absolute Gasteiger partial charge is 0.276 e. The van der Waals surface area contributed by atoms with Crippen molar-refractivity contribution in [3.8, 4) is 0 Å². The van der Waals surface area contributed by atoms with Crippen molar-refractivity contribution in [3.05, 3.63) is 11.4 Å². The van der Waals surface area contributed by atoms with Crippen LogP contribution in [0.2, 0.25) is 0 Å². The van der Waals surface area contributed by atoms with Crippen LogP contribution in [0.5, 0.6) is 0 Å². The number of methoxy groups -OCH3 is 1. The van der Waals surface area contributed by atoms with Crippen LogP contribution in [0.1, 0.15) is 34.9 Å². The fraction of sp³-hybridized carbons (Fsp3) is 0.667. The second kappa shape index (κ2) is 5.58. The minimum absolute atomic E-state index is 0.178. The quantitative estimate of drug-likeness (QED) is 0.671. The van der Waals surface area contributed by atoms with E-state index in [4.69, 9.17) is 10.5 Å². The molecule has 1 aliphatic carbocycles. The molecule has 1 unspecified atom stereocenters. The number of likely N-dealkylation sites (N-methyl/N-ethyl adjacent to an activating group) is 1. The third-order valence-corrected chi connectivity index (χ3v) is 3.21. The van der Waals surface area contributed by atoms with Gasteiger partial charge in [0.05, 0.1) is 24.1 Å². The Labute approximate surface area is 111 Å². The van der Waals surface area contributed by atoms with Gasteiger partial charge in [-0.15, -0.1) is 0 Å². The number of anilines is 1. The van der Waals surface area contributed by atoms with Crippen LogP contribution in [-0.2, 0) is 4.74 Å². The topological polar surface area (TPSA) is 104 Å². The lowest BCUT2D eigenvalue weighted by atomic mass is 10.2. The predicted octanol–water partition coefficient (Wildman–Crippen LogP) is -0.0514. The van der Waals surface area contributed by atoms with Crippen LogP contribution < -0.4 is 5.73 Å². The zero-order valence-electron chi connectivity index (χ0n) is 11.2. The van der Waals surface area contributed by atoms with Crippen molar-refractivity contribution in [2.75, 3.05) is 33.0 Å². The van der Waals surface area contributed by atoms with Gasteiger partial charge in [0.2, 0.25) is 0 Å². The minimum Gasteiger partial charge on any atom is -0.395 e. The standard InChI is InChI=1S/C12H20N4O3/c1-16(5-8(17)6-19-2)12(18)11-9(13)10(14-15-11)7-3-4-7/h7-8,17H,3-6,13H2,1-2H3,(H,14,15). The van der Waals surface area contributed by atoms with E-state index in [9.17, 15) is 9.90 Å². The molecule has 106 valence electrons. The van der Waals surface area contributed by atoms with Crippen LogP contribution in [0.25, 0.3) is 0 Å². The van der Waals surface area contributed by atoms with Crippen molar-refractivity contribution in [2.24, 2.45) is 0 Å². The Morgan fingerprint density at radius 3 is 2.95 bits per heavy atom. The summed E-state index contributed by atoms with van der Waals surface area (Å²) in [6.07, 6.45) is 1.45. The lowest BCUT2D eigenvalue weighted by Gasteiger charge is -2.19. The first-order valence-electron chi connectivity index (χ1n) is 6.30. The van der Waals surface area contributed by atoms with E-state index in [0.29, 0.717) is 11.6 Å². The Bertz CT molecular complexity index is 456. The van der Waals surface area contributed by atoms with E-state index in [2.05, 4.69) is 10.2 Å². The summed E-state index contributed by atoms with van der Waals surface area (Å²) in [5, 5.41) is 16.4. The maximum absolute atomic E-state index is 12.2. The maximum Gasteiger partial charge on any atom is 0.276 e. The van der Waals surface area contributed by atoms with E-state index in [0.717, 1.165) is 18.5 Å². The summed E-state index contributed by atoms with van der Waals surface area (Å²) < 4.78 is 4.82. The molecule has 0 aromatic carbocycles. The number of nitrogens with zero attached hydrogens (tertiary/aromatic N) is 2. The van der Waals surface area contributed by atoms with Gasteiger partial charge < -0.3 is 20.5 Å². The molecule has 1 fully saturated rings. The van der Waals surface area contributed by atoms with E-state index in [1.165, 1.54) is 12.0 Å². The normalized spacial score (nSPS) is 16.4. The average molecular weight is 268 g/mol. The summed E-state index contributed by atoms with van der Waals surface area (Å²) in [6, 6.07) is 0. The van der Waals surface area contributed by atoms with Gasteiger partial charge in [0, 0.05) is 26.6 Å². The van der Waals surface area contributed by atoms with Crippen LogP contribution in [0, 0.1) is 0 Å².